The molecule has 2 aliphatic rings. The molecule has 1 fully saturated rings. The summed E-state index contributed by atoms with van der Waals surface area (Å²) < 4.78 is 20.1. The third kappa shape index (κ3) is 3.73. The molecule has 3 nitrogen and oxygen atoms in total. The lowest BCUT2D eigenvalue weighted by molar-refractivity contribution is 0.0366. The van der Waals surface area contributed by atoms with Gasteiger partial charge in [-0.05, 0) is 55.5 Å². The van der Waals surface area contributed by atoms with Crippen molar-refractivity contribution in [3.8, 4) is 5.75 Å². The summed E-state index contributed by atoms with van der Waals surface area (Å²) in [6, 6.07) is 13.2. The van der Waals surface area contributed by atoms with Crippen molar-refractivity contribution >= 4 is 11.6 Å². The Morgan fingerprint density at radius 3 is 2.81 bits per heavy atom. The fourth-order valence-corrected chi connectivity index (χ4v) is 4.51. The largest absolute Gasteiger partial charge is 0.484 e. The van der Waals surface area contributed by atoms with Crippen molar-refractivity contribution in [3.05, 3.63) is 64.4 Å². The number of benzene rings is 2. The standard InChI is InChI=1S/C21H24ClFN2O/c22-15-10-16(23)12-18(11-15)26-21-19-6-2-1-4-14(19)7-8-20(21)25-9-3-5-17(24)13-25/h1-2,4,6,10-12,17,20-21H,3,5,7-9,13,24H2/t17-,20-,21-/m0/s1. The SMILES string of the molecule is N[C@H]1CCCN([C@H]2CCc3ccccc3[C@@H]2Oc2cc(F)cc(Cl)c2)C1. The Bertz CT molecular complexity index is 764. The van der Waals surface area contributed by atoms with Crippen LogP contribution in [0.5, 0.6) is 5.75 Å². The van der Waals surface area contributed by atoms with Gasteiger partial charge in [-0.25, -0.2) is 4.39 Å². The summed E-state index contributed by atoms with van der Waals surface area (Å²) >= 11 is 6.03. The molecule has 2 N–H and O–H groups in total. The van der Waals surface area contributed by atoms with Crippen molar-refractivity contribution in [2.75, 3.05) is 13.1 Å². The van der Waals surface area contributed by atoms with Crippen LogP contribution in [0.2, 0.25) is 5.02 Å². The fraction of sp³-hybridized carbons (Fsp3) is 0.429. The molecule has 0 amide bonds. The van der Waals surface area contributed by atoms with Crippen molar-refractivity contribution in [2.45, 2.75) is 43.9 Å². The van der Waals surface area contributed by atoms with Crippen LogP contribution in [0.1, 0.15) is 36.5 Å². The van der Waals surface area contributed by atoms with E-state index in [0.717, 1.165) is 38.8 Å². The van der Waals surface area contributed by atoms with Crippen LogP contribution >= 0.6 is 11.6 Å². The second kappa shape index (κ2) is 7.55. The van der Waals surface area contributed by atoms with E-state index < -0.39 is 0 Å². The molecule has 3 atom stereocenters. The quantitative estimate of drug-likeness (QED) is 0.868. The van der Waals surface area contributed by atoms with Gasteiger partial charge in [-0.2, -0.15) is 0 Å². The topological polar surface area (TPSA) is 38.5 Å². The lowest BCUT2D eigenvalue weighted by Gasteiger charge is -2.43. The van der Waals surface area contributed by atoms with Gasteiger partial charge in [0.25, 0.3) is 0 Å². The summed E-state index contributed by atoms with van der Waals surface area (Å²) in [6.45, 7) is 1.92. The monoisotopic (exact) mass is 374 g/mol. The van der Waals surface area contributed by atoms with Crippen LogP contribution in [0, 0.1) is 5.82 Å². The van der Waals surface area contributed by atoms with Crippen molar-refractivity contribution in [1.82, 2.24) is 4.90 Å². The van der Waals surface area contributed by atoms with Gasteiger partial charge in [-0.3, -0.25) is 4.90 Å². The molecule has 2 aromatic carbocycles. The Morgan fingerprint density at radius 1 is 1.15 bits per heavy atom. The maximum Gasteiger partial charge on any atom is 0.139 e. The minimum absolute atomic E-state index is 0.150. The molecule has 26 heavy (non-hydrogen) atoms. The highest BCUT2D eigenvalue weighted by atomic mass is 35.5. The first-order chi connectivity index (χ1) is 12.6. The fourth-order valence-electron chi connectivity index (χ4n) is 4.30. The Labute approximate surface area is 158 Å². The Kier molecular flexibility index (Phi) is 5.16. The molecule has 1 aliphatic carbocycles. The number of nitrogens with zero attached hydrogens (tertiary/aromatic N) is 1. The van der Waals surface area contributed by atoms with E-state index in [1.165, 1.54) is 23.3 Å². The molecule has 5 heteroatoms. The van der Waals surface area contributed by atoms with Gasteiger partial charge in [0.1, 0.15) is 17.7 Å². The number of fused-ring (bicyclic) bond motifs is 1. The number of nitrogens with two attached hydrogens (primary N) is 1. The molecule has 0 saturated carbocycles. The van der Waals surface area contributed by atoms with E-state index in [9.17, 15) is 4.39 Å². The molecular weight excluding hydrogens is 351 g/mol. The molecular formula is C21H24ClFN2O. The van der Waals surface area contributed by atoms with E-state index >= 15 is 0 Å². The Balaban J connectivity index is 1.67. The summed E-state index contributed by atoms with van der Waals surface area (Å²) in [6.07, 6.45) is 4.07. The summed E-state index contributed by atoms with van der Waals surface area (Å²) in [4.78, 5) is 2.45. The van der Waals surface area contributed by atoms with E-state index in [4.69, 9.17) is 22.1 Å². The number of hydrogen-bond donors (Lipinski definition) is 1. The van der Waals surface area contributed by atoms with Crippen LogP contribution in [0.15, 0.2) is 42.5 Å². The lowest BCUT2D eigenvalue weighted by Crippen LogP contribution is -2.51. The van der Waals surface area contributed by atoms with Crippen LogP contribution < -0.4 is 10.5 Å². The summed E-state index contributed by atoms with van der Waals surface area (Å²) in [5, 5.41) is 0.348. The number of ether oxygens (including phenoxy) is 1. The van der Waals surface area contributed by atoms with Gasteiger partial charge < -0.3 is 10.5 Å². The van der Waals surface area contributed by atoms with Gasteiger partial charge in [-0.15, -0.1) is 0 Å². The van der Waals surface area contributed by atoms with E-state index in [1.54, 1.807) is 6.07 Å². The van der Waals surface area contributed by atoms with Crippen LogP contribution in [0.25, 0.3) is 0 Å². The molecule has 0 spiro atoms. The summed E-state index contributed by atoms with van der Waals surface area (Å²) in [5.41, 5.74) is 8.70. The smallest absolute Gasteiger partial charge is 0.139 e. The normalized spacial score (nSPS) is 26.3. The zero-order valence-electron chi connectivity index (χ0n) is 14.7. The molecule has 2 aromatic rings. The third-order valence-electron chi connectivity index (χ3n) is 5.48. The zero-order valence-corrected chi connectivity index (χ0v) is 15.5. The van der Waals surface area contributed by atoms with E-state index in [-0.39, 0.29) is 24.0 Å². The van der Waals surface area contributed by atoms with Crippen LogP contribution in [0.3, 0.4) is 0 Å². The van der Waals surface area contributed by atoms with Crippen LogP contribution in [0.4, 0.5) is 4.39 Å². The summed E-state index contributed by atoms with van der Waals surface area (Å²) in [5.74, 6) is 0.0937. The first-order valence-corrected chi connectivity index (χ1v) is 9.68. The van der Waals surface area contributed by atoms with Crippen LogP contribution in [-0.4, -0.2) is 30.1 Å². The predicted molar refractivity (Wildman–Crippen MR) is 102 cm³/mol. The molecule has 0 unspecified atom stereocenters. The Morgan fingerprint density at radius 2 is 2.00 bits per heavy atom. The van der Waals surface area contributed by atoms with Gasteiger partial charge in [0.05, 0.1) is 6.04 Å². The molecule has 0 aromatic heterocycles. The van der Waals surface area contributed by atoms with E-state index in [0.29, 0.717) is 10.8 Å². The second-order valence-electron chi connectivity index (χ2n) is 7.35. The third-order valence-corrected chi connectivity index (χ3v) is 5.70. The zero-order chi connectivity index (χ0) is 18.1. The summed E-state index contributed by atoms with van der Waals surface area (Å²) in [7, 11) is 0. The number of halogens is 2. The predicted octanol–water partition coefficient (Wildman–Crippen LogP) is 4.34. The molecule has 0 radical (unpaired) electrons. The van der Waals surface area contributed by atoms with Gasteiger partial charge >= 0.3 is 0 Å². The highest BCUT2D eigenvalue weighted by Crippen LogP contribution is 2.38. The van der Waals surface area contributed by atoms with Crippen molar-refractivity contribution < 1.29 is 9.13 Å². The number of piperidine rings is 1. The highest BCUT2D eigenvalue weighted by Gasteiger charge is 2.36. The van der Waals surface area contributed by atoms with Gasteiger partial charge in [0, 0.05) is 23.7 Å². The molecule has 1 heterocycles. The second-order valence-corrected chi connectivity index (χ2v) is 7.78. The van der Waals surface area contributed by atoms with Gasteiger partial charge in [0.2, 0.25) is 0 Å². The van der Waals surface area contributed by atoms with Crippen molar-refractivity contribution in [1.29, 1.82) is 0 Å². The van der Waals surface area contributed by atoms with Crippen molar-refractivity contribution in [2.24, 2.45) is 5.73 Å². The average molecular weight is 375 g/mol. The molecule has 4 rings (SSSR count). The maximum absolute atomic E-state index is 13.8. The highest BCUT2D eigenvalue weighted by molar-refractivity contribution is 6.30. The molecule has 1 aliphatic heterocycles. The van der Waals surface area contributed by atoms with E-state index in [1.807, 2.05) is 6.07 Å². The van der Waals surface area contributed by atoms with Gasteiger partial charge in [0.15, 0.2) is 0 Å². The molecule has 0 bridgehead atoms. The number of aryl methyl sites for hydroxylation is 1. The van der Waals surface area contributed by atoms with Crippen molar-refractivity contribution in [3.63, 3.8) is 0 Å². The minimum Gasteiger partial charge on any atom is -0.484 e. The number of rotatable bonds is 3. The average Bonchev–Trinajstić information content (AvgIpc) is 2.61. The number of hydrogen-bond acceptors (Lipinski definition) is 3. The maximum atomic E-state index is 13.8. The molecule has 1 saturated heterocycles. The lowest BCUT2D eigenvalue weighted by atomic mass is 9.84. The number of likely N-dealkylation sites (tertiary alicyclic amines) is 1. The van der Waals surface area contributed by atoms with Gasteiger partial charge in [-0.1, -0.05) is 35.9 Å². The molecule has 138 valence electrons. The van der Waals surface area contributed by atoms with Crippen LogP contribution in [-0.2, 0) is 6.42 Å². The first-order valence-electron chi connectivity index (χ1n) is 9.30. The van der Waals surface area contributed by atoms with E-state index in [2.05, 4.69) is 23.1 Å². The minimum atomic E-state index is -0.381. The first kappa shape index (κ1) is 17.8. The Hall–Kier alpha value is -1.62.